The lowest BCUT2D eigenvalue weighted by molar-refractivity contribution is -0.247. The lowest BCUT2D eigenvalue weighted by atomic mass is 10.2. The van der Waals surface area contributed by atoms with Crippen LogP contribution >= 0.6 is 15.9 Å². The van der Waals surface area contributed by atoms with Crippen LogP contribution in [0, 0.1) is 6.92 Å². The molecule has 1 saturated heterocycles. The van der Waals surface area contributed by atoms with Crippen molar-refractivity contribution >= 4 is 21.6 Å². The van der Waals surface area contributed by atoms with Crippen molar-refractivity contribution in [2.24, 2.45) is 0 Å². The Kier molecular flexibility index (Phi) is 3.76. The number of halogens is 1. The number of rotatable bonds is 2. The van der Waals surface area contributed by atoms with Gasteiger partial charge in [-0.3, -0.25) is 0 Å². The maximum absolute atomic E-state index is 5.62. The van der Waals surface area contributed by atoms with Crippen LogP contribution in [0.25, 0.3) is 0 Å². The molecule has 0 aromatic heterocycles. The number of aryl methyl sites for hydroxylation is 1. The van der Waals surface area contributed by atoms with Gasteiger partial charge in [0.2, 0.25) is 0 Å². The van der Waals surface area contributed by atoms with Crippen LogP contribution in [0.1, 0.15) is 19.4 Å². The number of hydrogen-bond acceptors (Lipinski definition) is 3. The molecule has 0 radical (unpaired) electrons. The van der Waals surface area contributed by atoms with E-state index in [2.05, 4.69) is 40.3 Å². The van der Waals surface area contributed by atoms with Gasteiger partial charge >= 0.3 is 0 Å². The fourth-order valence-corrected chi connectivity index (χ4v) is 2.13. The molecule has 1 fully saturated rings. The molecule has 1 N–H and O–H groups in total. The van der Waals surface area contributed by atoms with E-state index in [1.807, 2.05) is 19.9 Å². The minimum absolute atomic E-state index is 0.195. The first-order valence-electron chi connectivity index (χ1n) is 5.77. The van der Waals surface area contributed by atoms with E-state index in [9.17, 15) is 0 Å². The minimum Gasteiger partial charge on any atom is -0.377 e. The molecule has 0 saturated carbocycles. The van der Waals surface area contributed by atoms with E-state index in [1.165, 1.54) is 5.56 Å². The zero-order chi connectivity index (χ0) is 12.5. The number of hydrogen-bond donors (Lipinski definition) is 1. The summed E-state index contributed by atoms with van der Waals surface area (Å²) < 4.78 is 12.3. The molecule has 1 heterocycles. The van der Waals surface area contributed by atoms with E-state index in [0.29, 0.717) is 13.2 Å². The summed E-state index contributed by atoms with van der Waals surface area (Å²) in [6.45, 7) is 7.27. The van der Waals surface area contributed by atoms with Gasteiger partial charge in [-0.25, -0.2) is 0 Å². The topological polar surface area (TPSA) is 30.5 Å². The fourth-order valence-electron chi connectivity index (χ4n) is 1.75. The summed E-state index contributed by atoms with van der Waals surface area (Å²) in [6.07, 6.45) is 0. The van der Waals surface area contributed by atoms with Gasteiger partial charge in [-0.1, -0.05) is 12.1 Å². The summed E-state index contributed by atoms with van der Waals surface area (Å²) in [6, 6.07) is 6.36. The normalized spacial score (nSPS) is 20.2. The molecule has 17 heavy (non-hydrogen) atoms. The molecule has 2 rings (SSSR count). The Bertz CT molecular complexity index is 396. The second-order valence-electron chi connectivity index (χ2n) is 4.80. The third kappa shape index (κ3) is 3.21. The van der Waals surface area contributed by atoms with E-state index in [4.69, 9.17) is 9.47 Å². The van der Waals surface area contributed by atoms with Crippen LogP contribution in [0.3, 0.4) is 0 Å². The van der Waals surface area contributed by atoms with Crippen molar-refractivity contribution in [1.29, 1.82) is 0 Å². The van der Waals surface area contributed by atoms with Crippen LogP contribution in [-0.2, 0) is 9.47 Å². The Morgan fingerprint density at radius 1 is 1.29 bits per heavy atom. The first kappa shape index (κ1) is 12.9. The predicted octanol–water partition coefficient (Wildman–Crippen LogP) is 3.32. The highest BCUT2D eigenvalue weighted by atomic mass is 79.9. The van der Waals surface area contributed by atoms with Gasteiger partial charge < -0.3 is 14.8 Å². The number of nitrogens with one attached hydrogen (secondary N) is 1. The summed E-state index contributed by atoms with van der Waals surface area (Å²) in [5.74, 6) is -0.456. The Hall–Kier alpha value is -0.580. The van der Waals surface area contributed by atoms with Crippen LogP contribution in [-0.4, -0.2) is 25.0 Å². The fraction of sp³-hybridized carbons (Fsp3) is 0.538. The van der Waals surface area contributed by atoms with Gasteiger partial charge in [-0.15, -0.1) is 0 Å². The van der Waals surface area contributed by atoms with E-state index in [-0.39, 0.29) is 6.04 Å². The van der Waals surface area contributed by atoms with Crippen LogP contribution in [0.15, 0.2) is 22.7 Å². The molecule has 0 amide bonds. The Labute approximate surface area is 111 Å². The van der Waals surface area contributed by atoms with Crippen LogP contribution in [0.5, 0.6) is 0 Å². The van der Waals surface area contributed by atoms with Gasteiger partial charge in [-0.2, -0.15) is 0 Å². The Morgan fingerprint density at radius 2 is 1.94 bits per heavy atom. The molecule has 0 bridgehead atoms. The predicted molar refractivity (Wildman–Crippen MR) is 72.3 cm³/mol. The molecule has 1 aliphatic rings. The molecule has 1 aromatic rings. The van der Waals surface area contributed by atoms with Crippen LogP contribution < -0.4 is 5.32 Å². The minimum atomic E-state index is -0.456. The van der Waals surface area contributed by atoms with Crippen molar-refractivity contribution in [3.05, 3.63) is 28.2 Å². The van der Waals surface area contributed by atoms with E-state index >= 15 is 0 Å². The third-order valence-corrected chi connectivity index (χ3v) is 3.87. The summed E-state index contributed by atoms with van der Waals surface area (Å²) in [4.78, 5) is 0. The molecule has 0 spiro atoms. The molecule has 4 heteroatoms. The third-order valence-electron chi connectivity index (χ3n) is 2.82. The maximum Gasteiger partial charge on any atom is 0.162 e. The van der Waals surface area contributed by atoms with Gasteiger partial charge in [-0.05, 0) is 48.3 Å². The molecule has 94 valence electrons. The zero-order valence-electron chi connectivity index (χ0n) is 10.4. The van der Waals surface area contributed by atoms with Crippen molar-refractivity contribution in [1.82, 2.24) is 0 Å². The second-order valence-corrected chi connectivity index (χ2v) is 5.59. The molecular formula is C13H18BrNO2. The Balaban J connectivity index is 2.00. The van der Waals surface area contributed by atoms with Crippen molar-refractivity contribution < 1.29 is 9.47 Å². The van der Waals surface area contributed by atoms with Crippen molar-refractivity contribution in [3.63, 3.8) is 0 Å². The quantitative estimate of drug-likeness (QED) is 0.909. The highest BCUT2D eigenvalue weighted by Crippen LogP contribution is 2.27. The molecule has 1 aliphatic heterocycles. The first-order valence-corrected chi connectivity index (χ1v) is 6.57. The second kappa shape index (κ2) is 4.96. The van der Waals surface area contributed by atoms with E-state index in [0.717, 1.165) is 10.2 Å². The molecule has 0 unspecified atom stereocenters. The average molecular weight is 300 g/mol. The van der Waals surface area contributed by atoms with Crippen LogP contribution in [0.2, 0.25) is 0 Å². The van der Waals surface area contributed by atoms with E-state index in [1.54, 1.807) is 0 Å². The number of ether oxygens (including phenoxy) is 2. The van der Waals surface area contributed by atoms with Gasteiger partial charge in [0, 0.05) is 10.2 Å². The molecule has 0 aliphatic carbocycles. The van der Waals surface area contributed by atoms with Crippen molar-refractivity contribution in [2.75, 3.05) is 18.5 Å². The summed E-state index contributed by atoms with van der Waals surface area (Å²) >= 11 is 3.59. The Morgan fingerprint density at radius 3 is 2.59 bits per heavy atom. The molecule has 1 aromatic carbocycles. The summed E-state index contributed by atoms with van der Waals surface area (Å²) in [7, 11) is 0. The summed E-state index contributed by atoms with van der Waals surface area (Å²) in [5.41, 5.74) is 2.30. The number of anilines is 1. The zero-order valence-corrected chi connectivity index (χ0v) is 12.0. The van der Waals surface area contributed by atoms with Crippen molar-refractivity contribution in [2.45, 2.75) is 32.6 Å². The van der Waals surface area contributed by atoms with Gasteiger partial charge in [0.15, 0.2) is 5.79 Å². The summed E-state index contributed by atoms with van der Waals surface area (Å²) in [5, 5.41) is 3.43. The number of benzene rings is 1. The maximum atomic E-state index is 5.62. The van der Waals surface area contributed by atoms with Crippen LogP contribution in [0.4, 0.5) is 5.69 Å². The molecule has 3 nitrogen and oxygen atoms in total. The van der Waals surface area contributed by atoms with Gasteiger partial charge in [0.1, 0.15) is 0 Å². The van der Waals surface area contributed by atoms with Gasteiger partial charge in [0.25, 0.3) is 0 Å². The smallest absolute Gasteiger partial charge is 0.162 e. The standard InChI is InChI=1S/C13H18BrNO2/c1-9-5-4-6-11(12(9)14)15-10-7-16-13(2,3)17-8-10/h4-6,10,15H,7-8H2,1-3H3. The first-order chi connectivity index (χ1) is 7.98. The van der Waals surface area contributed by atoms with E-state index < -0.39 is 5.79 Å². The average Bonchev–Trinajstić information content (AvgIpc) is 2.27. The highest BCUT2D eigenvalue weighted by Gasteiger charge is 2.28. The van der Waals surface area contributed by atoms with Crippen molar-refractivity contribution in [3.8, 4) is 0 Å². The van der Waals surface area contributed by atoms with Gasteiger partial charge in [0.05, 0.1) is 19.3 Å². The molecular weight excluding hydrogens is 282 g/mol. The largest absolute Gasteiger partial charge is 0.377 e. The highest BCUT2D eigenvalue weighted by molar-refractivity contribution is 9.10. The molecule has 0 atom stereocenters. The lowest BCUT2D eigenvalue weighted by Crippen LogP contribution is -2.45. The lowest BCUT2D eigenvalue weighted by Gasteiger charge is -2.35. The SMILES string of the molecule is Cc1cccc(NC2COC(C)(C)OC2)c1Br. The monoisotopic (exact) mass is 299 g/mol.